The van der Waals surface area contributed by atoms with Crippen molar-refractivity contribution in [3.63, 3.8) is 0 Å². The second kappa shape index (κ2) is 7.25. The summed E-state index contributed by atoms with van der Waals surface area (Å²) in [4.78, 5) is 30.5. The Balaban J connectivity index is 1.85. The number of carbonyl (C=O) groups is 1. The first-order valence-electron chi connectivity index (χ1n) is 8.05. The second-order valence-corrected chi connectivity index (χ2v) is 5.71. The molecule has 0 atom stereocenters. The van der Waals surface area contributed by atoms with E-state index in [1.54, 1.807) is 35.2 Å². The molecule has 0 aliphatic heterocycles. The van der Waals surface area contributed by atoms with Gasteiger partial charge in [-0.15, -0.1) is 0 Å². The van der Waals surface area contributed by atoms with Crippen molar-refractivity contribution in [1.29, 1.82) is 0 Å². The van der Waals surface area contributed by atoms with Gasteiger partial charge in [0.25, 0.3) is 5.56 Å². The van der Waals surface area contributed by atoms with Crippen LogP contribution < -0.4 is 5.56 Å². The summed E-state index contributed by atoms with van der Waals surface area (Å²) in [6, 6.07) is 13.3. The highest BCUT2D eigenvalue weighted by Gasteiger charge is 2.15. The number of amides is 1. The fourth-order valence-corrected chi connectivity index (χ4v) is 2.75. The summed E-state index contributed by atoms with van der Waals surface area (Å²) in [6.45, 7) is 2.54. The van der Waals surface area contributed by atoms with E-state index in [0.29, 0.717) is 29.7 Å². The minimum atomic E-state index is -0.336. The second-order valence-electron chi connectivity index (χ2n) is 5.71. The predicted molar refractivity (Wildman–Crippen MR) is 93.5 cm³/mol. The number of hydrogen-bond acceptors (Lipinski definition) is 3. The van der Waals surface area contributed by atoms with E-state index in [4.69, 9.17) is 0 Å². The van der Waals surface area contributed by atoms with Gasteiger partial charge in [0.15, 0.2) is 0 Å². The van der Waals surface area contributed by atoms with Gasteiger partial charge in [0.1, 0.15) is 12.4 Å². The van der Waals surface area contributed by atoms with Gasteiger partial charge in [-0.1, -0.05) is 24.3 Å². The zero-order chi connectivity index (χ0) is 17.8. The monoisotopic (exact) mass is 339 g/mol. The number of nitrogens with zero attached hydrogens (tertiary/aromatic N) is 3. The zero-order valence-electron chi connectivity index (χ0n) is 13.9. The van der Waals surface area contributed by atoms with E-state index in [-0.39, 0.29) is 23.8 Å². The number of halogens is 1. The SMILES string of the molecule is CCN(Cc1cccc(F)c1)C(=O)Cn1c(=O)cnc2ccccc21. The molecule has 3 rings (SSSR count). The standard InChI is InChI=1S/C19H18FN3O2/c1-2-22(12-14-6-5-7-15(20)10-14)19(25)13-23-17-9-4-3-8-16(17)21-11-18(23)24/h3-11H,2,12-13H2,1H3. The van der Waals surface area contributed by atoms with Crippen LogP contribution in [0, 0.1) is 5.82 Å². The third kappa shape index (κ3) is 3.74. The molecule has 0 saturated carbocycles. The van der Waals surface area contributed by atoms with Gasteiger partial charge in [-0.05, 0) is 36.8 Å². The number of fused-ring (bicyclic) bond motifs is 1. The van der Waals surface area contributed by atoms with Gasteiger partial charge in [-0.2, -0.15) is 0 Å². The highest BCUT2D eigenvalue weighted by molar-refractivity contribution is 5.80. The van der Waals surface area contributed by atoms with Crippen molar-refractivity contribution in [1.82, 2.24) is 14.5 Å². The molecule has 0 bridgehead atoms. The Bertz CT molecular complexity index is 968. The lowest BCUT2D eigenvalue weighted by Crippen LogP contribution is -2.36. The van der Waals surface area contributed by atoms with Crippen LogP contribution in [-0.2, 0) is 17.9 Å². The number of benzene rings is 2. The third-order valence-electron chi connectivity index (χ3n) is 4.04. The molecular formula is C19H18FN3O2. The van der Waals surface area contributed by atoms with Crippen molar-refractivity contribution < 1.29 is 9.18 Å². The van der Waals surface area contributed by atoms with Crippen LogP contribution in [0.25, 0.3) is 11.0 Å². The Morgan fingerprint density at radius 2 is 2.00 bits per heavy atom. The lowest BCUT2D eigenvalue weighted by molar-refractivity contribution is -0.132. The topological polar surface area (TPSA) is 55.2 Å². The maximum absolute atomic E-state index is 13.3. The fraction of sp³-hybridized carbons (Fsp3) is 0.211. The molecule has 0 aliphatic carbocycles. The van der Waals surface area contributed by atoms with E-state index in [1.165, 1.54) is 22.9 Å². The van der Waals surface area contributed by atoms with Crippen molar-refractivity contribution in [2.75, 3.05) is 6.54 Å². The van der Waals surface area contributed by atoms with E-state index in [2.05, 4.69) is 4.98 Å². The molecule has 1 amide bonds. The normalized spacial score (nSPS) is 10.8. The Hall–Kier alpha value is -3.02. The third-order valence-corrected chi connectivity index (χ3v) is 4.04. The number of carbonyl (C=O) groups excluding carboxylic acids is 1. The summed E-state index contributed by atoms with van der Waals surface area (Å²) in [5, 5.41) is 0. The van der Waals surface area contributed by atoms with Crippen molar-refractivity contribution in [3.8, 4) is 0 Å². The quantitative estimate of drug-likeness (QED) is 0.718. The van der Waals surface area contributed by atoms with Gasteiger partial charge in [-0.25, -0.2) is 9.37 Å². The lowest BCUT2D eigenvalue weighted by Gasteiger charge is -2.22. The molecule has 0 aliphatic rings. The Morgan fingerprint density at radius 3 is 2.76 bits per heavy atom. The van der Waals surface area contributed by atoms with Gasteiger partial charge < -0.3 is 4.90 Å². The summed E-state index contributed by atoms with van der Waals surface area (Å²) in [7, 11) is 0. The summed E-state index contributed by atoms with van der Waals surface area (Å²) >= 11 is 0. The molecule has 0 saturated heterocycles. The summed E-state index contributed by atoms with van der Waals surface area (Å²) in [5.74, 6) is -0.539. The predicted octanol–water partition coefficient (Wildman–Crippen LogP) is 2.58. The average Bonchev–Trinajstić information content (AvgIpc) is 2.62. The minimum absolute atomic E-state index is 0.0784. The van der Waals surface area contributed by atoms with Crippen LogP contribution in [0.4, 0.5) is 4.39 Å². The van der Waals surface area contributed by atoms with E-state index in [9.17, 15) is 14.0 Å². The van der Waals surface area contributed by atoms with E-state index < -0.39 is 0 Å². The lowest BCUT2D eigenvalue weighted by atomic mass is 10.2. The van der Waals surface area contributed by atoms with E-state index >= 15 is 0 Å². The molecule has 128 valence electrons. The van der Waals surface area contributed by atoms with Gasteiger partial charge >= 0.3 is 0 Å². The van der Waals surface area contributed by atoms with Crippen LogP contribution in [0.15, 0.2) is 59.5 Å². The molecule has 0 fully saturated rings. The molecule has 0 spiro atoms. The fourth-order valence-electron chi connectivity index (χ4n) is 2.75. The van der Waals surface area contributed by atoms with Crippen molar-refractivity contribution in [2.24, 2.45) is 0 Å². The first-order chi connectivity index (χ1) is 12.1. The maximum atomic E-state index is 13.3. The summed E-state index contributed by atoms with van der Waals surface area (Å²) in [5.41, 5.74) is 1.66. The van der Waals surface area contributed by atoms with Crippen LogP contribution in [0.1, 0.15) is 12.5 Å². The molecule has 3 aromatic rings. The first-order valence-corrected chi connectivity index (χ1v) is 8.05. The van der Waals surface area contributed by atoms with Crippen LogP contribution in [0.2, 0.25) is 0 Å². The molecule has 2 aromatic carbocycles. The van der Waals surface area contributed by atoms with Crippen molar-refractivity contribution >= 4 is 16.9 Å². The highest BCUT2D eigenvalue weighted by atomic mass is 19.1. The highest BCUT2D eigenvalue weighted by Crippen LogP contribution is 2.11. The molecule has 25 heavy (non-hydrogen) atoms. The molecule has 1 aromatic heterocycles. The number of hydrogen-bond donors (Lipinski definition) is 0. The summed E-state index contributed by atoms with van der Waals surface area (Å²) < 4.78 is 14.8. The van der Waals surface area contributed by atoms with E-state index in [0.717, 1.165) is 0 Å². The van der Waals surface area contributed by atoms with Gasteiger partial charge in [0.2, 0.25) is 5.91 Å². The van der Waals surface area contributed by atoms with Gasteiger partial charge in [0.05, 0.1) is 17.2 Å². The maximum Gasteiger partial charge on any atom is 0.269 e. The minimum Gasteiger partial charge on any atom is -0.337 e. The average molecular weight is 339 g/mol. The number of rotatable bonds is 5. The molecule has 0 unspecified atom stereocenters. The molecule has 0 radical (unpaired) electrons. The van der Waals surface area contributed by atoms with Crippen LogP contribution in [0.5, 0.6) is 0 Å². The van der Waals surface area contributed by atoms with Crippen LogP contribution >= 0.6 is 0 Å². The Labute approximate surface area is 144 Å². The molecule has 1 heterocycles. The number of aromatic nitrogens is 2. The zero-order valence-corrected chi connectivity index (χ0v) is 13.9. The van der Waals surface area contributed by atoms with Crippen molar-refractivity contribution in [3.05, 3.63) is 76.5 Å². The number of likely N-dealkylation sites (N-methyl/N-ethyl adjacent to an activating group) is 1. The molecule has 5 nitrogen and oxygen atoms in total. The molecule has 0 N–H and O–H groups in total. The van der Waals surface area contributed by atoms with Crippen LogP contribution in [0.3, 0.4) is 0 Å². The van der Waals surface area contributed by atoms with Gasteiger partial charge in [-0.3, -0.25) is 14.2 Å². The Morgan fingerprint density at radius 1 is 1.20 bits per heavy atom. The smallest absolute Gasteiger partial charge is 0.269 e. The van der Waals surface area contributed by atoms with Crippen molar-refractivity contribution in [2.45, 2.75) is 20.0 Å². The molecular weight excluding hydrogens is 321 g/mol. The number of para-hydroxylation sites is 2. The summed E-state index contributed by atoms with van der Waals surface area (Å²) in [6.07, 6.45) is 1.22. The van der Waals surface area contributed by atoms with Gasteiger partial charge in [0, 0.05) is 13.1 Å². The Kier molecular flexibility index (Phi) is 4.88. The largest absolute Gasteiger partial charge is 0.337 e. The molecule has 6 heteroatoms. The van der Waals surface area contributed by atoms with E-state index in [1.807, 2.05) is 13.0 Å². The van der Waals surface area contributed by atoms with Crippen LogP contribution in [-0.4, -0.2) is 26.9 Å². The first kappa shape index (κ1) is 16.8.